The lowest BCUT2D eigenvalue weighted by molar-refractivity contribution is 0.862. The van der Waals surface area contributed by atoms with Crippen molar-refractivity contribution >= 4 is 57.7 Å². The van der Waals surface area contributed by atoms with Gasteiger partial charge in [0.05, 0.1) is 0 Å². The van der Waals surface area contributed by atoms with Crippen molar-refractivity contribution < 1.29 is 0 Å². The molecule has 104 valence electrons. The normalized spacial score (nSPS) is 13.1. The van der Waals surface area contributed by atoms with Crippen LogP contribution in [0.3, 0.4) is 0 Å². The molecule has 6 heteroatoms. The predicted octanol–water partition coefficient (Wildman–Crippen LogP) is 6.82. The minimum absolute atomic E-state index is 0.941. The fraction of sp³-hybridized carbons (Fsp3) is 1.00. The average molecular weight is 354 g/mol. The molecule has 0 spiro atoms. The Bertz CT molecular complexity index is 178. The molecule has 0 heterocycles. The number of unbranched alkanes of at least 4 members (excludes halogenated alkanes) is 2. The van der Waals surface area contributed by atoms with Crippen LogP contribution in [-0.2, 0) is 0 Å². The van der Waals surface area contributed by atoms with Crippen LogP contribution in [0.5, 0.6) is 0 Å². The van der Waals surface area contributed by atoms with Gasteiger partial charge in [-0.1, -0.05) is 46.0 Å². The number of halogens is 4. The van der Waals surface area contributed by atoms with E-state index in [0.717, 1.165) is 56.3 Å². The van der Waals surface area contributed by atoms with Gasteiger partial charge in [-0.3, -0.25) is 0 Å². The summed E-state index contributed by atoms with van der Waals surface area (Å²) in [6.07, 6.45) is 5.60. The maximum atomic E-state index is 6.38. The number of hydrogen-bond acceptors (Lipinski definition) is 0. The Labute approximate surface area is 127 Å². The van der Waals surface area contributed by atoms with Crippen LogP contribution in [0.2, 0.25) is 24.2 Å². The summed E-state index contributed by atoms with van der Waals surface area (Å²) in [5.74, 6) is 0. The molecule has 0 bridgehead atoms. The van der Waals surface area contributed by atoms with Gasteiger partial charge in [-0.05, 0) is 24.2 Å². The standard InChI is InChI=1S/C11H24Cl4Si2/c1-3-5-8-16(12,13)10-7-11-17(14,15)9-6-4-2/h3-11H2,1-2H3. The SMILES string of the molecule is CCCC[Si](Cl)(Cl)CCC[Si](Cl)(Cl)CCCC. The van der Waals surface area contributed by atoms with Crippen LogP contribution < -0.4 is 0 Å². The summed E-state index contributed by atoms with van der Waals surface area (Å²) in [5, 5.41) is 0. The molecule has 0 N–H and O–H groups in total. The summed E-state index contributed by atoms with van der Waals surface area (Å²) in [6.45, 7) is 0.318. The lowest BCUT2D eigenvalue weighted by Crippen LogP contribution is -2.22. The molecular weight excluding hydrogens is 330 g/mol. The topological polar surface area (TPSA) is 0 Å². The summed E-state index contributed by atoms with van der Waals surface area (Å²) in [5.41, 5.74) is 0. The highest BCUT2D eigenvalue weighted by Gasteiger charge is 2.31. The second-order valence-corrected chi connectivity index (χ2v) is 20.0. The van der Waals surface area contributed by atoms with Gasteiger partial charge in [-0.15, -0.1) is 44.3 Å². The summed E-state index contributed by atoms with van der Waals surface area (Å²) in [6, 6.07) is 3.88. The van der Waals surface area contributed by atoms with Crippen LogP contribution in [0.4, 0.5) is 0 Å². The molecule has 0 atom stereocenters. The average Bonchev–Trinajstić information content (AvgIpc) is 2.23. The van der Waals surface area contributed by atoms with Gasteiger partial charge in [0, 0.05) is 0 Å². The van der Waals surface area contributed by atoms with Crippen molar-refractivity contribution in [3.05, 3.63) is 0 Å². The lowest BCUT2D eigenvalue weighted by atomic mass is 10.4. The van der Waals surface area contributed by atoms with Crippen molar-refractivity contribution in [3.8, 4) is 0 Å². The summed E-state index contributed by atoms with van der Waals surface area (Å²) in [7, 11) is 0. The van der Waals surface area contributed by atoms with Crippen LogP contribution in [0.25, 0.3) is 0 Å². The highest BCUT2D eigenvalue weighted by molar-refractivity contribution is 7.46. The van der Waals surface area contributed by atoms with Gasteiger partial charge in [-0.25, -0.2) is 0 Å². The monoisotopic (exact) mass is 352 g/mol. The molecule has 0 fully saturated rings. The predicted molar refractivity (Wildman–Crippen MR) is 88.6 cm³/mol. The van der Waals surface area contributed by atoms with E-state index in [4.69, 9.17) is 44.3 Å². The number of hydrogen-bond donors (Lipinski definition) is 0. The van der Waals surface area contributed by atoms with Gasteiger partial charge in [0.15, 0.2) is 0 Å². The minimum Gasteiger partial charge on any atom is -0.146 e. The lowest BCUT2D eigenvalue weighted by Gasteiger charge is -2.19. The molecule has 0 unspecified atom stereocenters. The fourth-order valence-corrected chi connectivity index (χ4v) is 8.92. The first kappa shape index (κ1) is 18.6. The van der Waals surface area contributed by atoms with Gasteiger partial charge < -0.3 is 0 Å². The fourth-order valence-electron chi connectivity index (χ4n) is 1.73. The molecule has 0 aromatic carbocycles. The molecular formula is C11H24Cl4Si2. The van der Waals surface area contributed by atoms with Crippen LogP contribution in [-0.4, -0.2) is 13.4 Å². The van der Waals surface area contributed by atoms with Crippen LogP contribution in [0.15, 0.2) is 0 Å². The first-order chi connectivity index (χ1) is 7.83. The Morgan fingerprint density at radius 1 is 0.588 bits per heavy atom. The van der Waals surface area contributed by atoms with Crippen molar-refractivity contribution in [2.45, 2.75) is 70.1 Å². The first-order valence-electron chi connectivity index (χ1n) is 6.58. The molecule has 0 saturated heterocycles. The van der Waals surface area contributed by atoms with Gasteiger partial charge in [0.1, 0.15) is 0 Å². The van der Waals surface area contributed by atoms with E-state index in [2.05, 4.69) is 13.8 Å². The molecule has 0 rings (SSSR count). The zero-order chi connectivity index (χ0) is 13.4. The van der Waals surface area contributed by atoms with E-state index in [1.807, 2.05) is 0 Å². The van der Waals surface area contributed by atoms with Gasteiger partial charge in [0.25, 0.3) is 13.4 Å². The zero-order valence-electron chi connectivity index (χ0n) is 10.9. The molecule has 0 nitrogen and oxygen atoms in total. The van der Waals surface area contributed by atoms with E-state index >= 15 is 0 Å². The second kappa shape index (κ2) is 9.49. The molecule has 0 aliphatic rings. The smallest absolute Gasteiger partial charge is 0.146 e. The summed E-state index contributed by atoms with van der Waals surface area (Å²) < 4.78 is 0. The maximum absolute atomic E-state index is 6.38. The zero-order valence-corrected chi connectivity index (χ0v) is 15.9. The van der Waals surface area contributed by atoms with Crippen molar-refractivity contribution in [3.63, 3.8) is 0 Å². The number of rotatable bonds is 10. The van der Waals surface area contributed by atoms with Gasteiger partial charge in [-0.2, -0.15) is 0 Å². The third kappa shape index (κ3) is 11.1. The van der Waals surface area contributed by atoms with E-state index in [-0.39, 0.29) is 0 Å². The highest BCUT2D eigenvalue weighted by Crippen LogP contribution is 2.34. The third-order valence-electron chi connectivity index (χ3n) is 2.88. The quantitative estimate of drug-likeness (QED) is 0.298. The van der Waals surface area contributed by atoms with Crippen molar-refractivity contribution in [1.29, 1.82) is 0 Å². The molecule has 0 aliphatic carbocycles. The molecule has 0 aliphatic heterocycles. The van der Waals surface area contributed by atoms with E-state index in [0.29, 0.717) is 0 Å². The van der Waals surface area contributed by atoms with Crippen molar-refractivity contribution in [2.75, 3.05) is 0 Å². The van der Waals surface area contributed by atoms with E-state index in [1.165, 1.54) is 0 Å². The van der Waals surface area contributed by atoms with Crippen molar-refractivity contribution in [1.82, 2.24) is 0 Å². The Kier molecular flexibility index (Phi) is 10.4. The first-order valence-corrected chi connectivity index (χ1v) is 15.5. The summed E-state index contributed by atoms with van der Waals surface area (Å²) in [4.78, 5) is 0. The van der Waals surface area contributed by atoms with Crippen LogP contribution in [0.1, 0.15) is 46.0 Å². The molecule has 0 aromatic rings. The second-order valence-electron chi connectivity index (χ2n) is 4.77. The maximum Gasteiger partial charge on any atom is 0.251 e. The van der Waals surface area contributed by atoms with E-state index in [9.17, 15) is 0 Å². The van der Waals surface area contributed by atoms with Crippen LogP contribution >= 0.6 is 44.3 Å². The molecule has 0 amide bonds. The minimum atomic E-state index is -2.01. The molecule has 0 radical (unpaired) electrons. The Hall–Kier alpha value is 1.59. The van der Waals surface area contributed by atoms with Gasteiger partial charge in [0.2, 0.25) is 0 Å². The Balaban J connectivity index is 3.80. The highest BCUT2D eigenvalue weighted by atomic mass is 35.7. The van der Waals surface area contributed by atoms with Crippen molar-refractivity contribution in [2.24, 2.45) is 0 Å². The molecule has 17 heavy (non-hydrogen) atoms. The summed E-state index contributed by atoms with van der Waals surface area (Å²) >= 11 is 25.5. The van der Waals surface area contributed by atoms with E-state index < -0.39 is 13.4 Å². The Morgan fingerprint density at radius 3 is 1.18 bits per heavy atom. The Morgan fingerprint density at radius 2 is 0.882 bits per heavy atom. The largest absolute Gasteiger partial charge is 0.251 e. The molecule has 0 saturated carbocycles. The van der Waals surface area contributed by atoms with E-state index in [1.54, 1.807) is 0 Å². The third-order valence-corrected chi connectivity index (χ3v) is 11.8. The van der Waals surface area contributed by atoms with Crippen LogP contribution in [0, 0.1) is 0 Å². The van der Waals surface area contributed by atoms with Gasteiger partial charge >= 0.3 is 0 Å². The molecule has 0 aromatic heterocycles.